The molecule has 2 atom stereocenters. The summed E-state index contributed by atoms with van der Waals surface area (Å²) in [5.74, 6) is -2.67. The molecule has 0 saturated carbocycles. The van der Waals surface area contributed by atoms with E-state index in [0.29, 0.717) is 15.9 Å². The molecule has 204 valence electrons. The number of ether oxygens (including phenoxy) is 4. The second kappa shape index (κ2) is 11.1. The first-order valence-corrected chi connectivity index (χ1v) is 11.7. The molecule has 14 heteroatoms. The maximum Gasteiger partial charge on any atom is 0.452 e. The van der Waals surface area contributed by atoms with Gasteiger partial charge in [-0.1, -0.05) is 23.7 Å². The number of aromatic nitrogens is 3. The Kier molecular flexibility index (Phi) is 7.99. The molecular formula is C24H23ClF3N3O7. The molecule has 0 aliphatic carbocycles. The standard InChI is InChI=1S/C24H23ClF3N3O7/c1-35-15-6-3-5-13(21(15)36-2)20-14-9-12(25)10-16(37-8-4-7-32)19(14)31-22(17(38-20)11-18(33)34)29-30-23(31)24(26,27)28/h3,5-6,9-10,17,20,32H,4,7-8,11H2,1-2H3,(H,33,34)/t17-,20-/m0/s1. The van der Waals surface area contributed by atoms with Crippen molar-refractivity contribution in [3.8, 4) is 22.9 Å². The van der Waals surface area contributed by atoms with Gasteiger partial charge >= 0.3 is 12.1 Å². The molecule has 2 aromatic carbocycles. The van der Waals surface area contributed by atoms with Gasteiger partial charge in [-0.3, -0.25) is 9.36 Å². The number of hydrogen-bond acceptors (Lipinski definition) is 8. The summed E-state index contributed by atoms with van der Waals surface area (Å²) in [6.45, 7) is -0.267. The normalized spacial score (nSPS) is 16.8. The van der Waals surface area contributed by atoms with Crippen molar-refractivity contribution in [1.29, 1.82) is 0 Å². The number of alkyl halides is 3. The highest BCUT2D eigenvalue weighted by Gasteiger charge is 2.45. The van der Waals surface area contributed by atoms with Gasteiger partial charge in [0.05, 0.1) is 32.9 Å². The fourth-order valence-electron chi connectivity index (χ4n) is 4.25. The highest BCUT2D eigenvalue weighted by molar-refractivity contribution is 6.30. The summed E-state index contributed by atoms with van der Waals surface area (Å²) in [5.41, 5.74) is 0.309. The first-order chi connectivity index (χ1) is 18.1. The maximum absolute atomic E-state index is 14.2. The van der Waals surface area contributed by atoms with Crippen molar-refractivity contribution >= 4 is 17.6 Å². The number of benzene rings is 2. The Morgan fingerprint density at radius 3 is 2.55 bits per heavy atom. The third-order valence-corrected chi connectivity index (χ3v) is 5.96. The molecule has 10 nitrogen and oxygen atoms in total. The molecule has 1 aliphatic heterocycles. The summed E-state index contributed by atoms with van der Waals surface area (Å²) >= 11 is 6.39. The number of hydrogen-bond donors (Lipinski definition) is 2. The number of aliphatic hydroxyl groups is 1. The van der Waals surface area contributed by atoms with Crippen LogP contribution in [0, 0.1) is 0 Å². The summed E-state index contributed by atoms with van der Waals surface area (Å²) in [7, 11) is 2.80. The van der Waals surface area contributed by atoms with Crippen molar-refractivity contribution < 1.29 is 47.1 Å². The minimum Gasteiger partial charge on any atom is -0.493 e. The van der Waals surface area contributed by atoms with Crippen molar-refractivity contribution in [2.45, 2.75) is 31.2 Å². The van der Waals surface area contributed by atoms with E-state index in [0.717, 1.165) is 0 Å². The van der Waals surface area contributed by atoms with Gasteiger partial charge in [-0.05, 0) is 12.1 Å². The summed E-state index contributed by atoms with van der Waals surface area (Å²) in [6, 6.07) is 7.57. The molecule has 0 saturated heterocycles. The van der Waals surface area contributed by atoms with Gasteiger partial charge < -0.3 is 29.2 Å². The molecule has 2 heterocycles. The van der Waals surface area contributed by atoms with Crippen LogP contribution in [0.15, 0.2) is 30.3 Å². The predicted molar refractivity (Wildman–Crippen MR) is 126 cm³/mol. The number of halogens is 4. The molecule has 1 aliphatic rings. The highest BCUT2D eigenvalue weighted by Crippen LogP contribution is 2.49. The van der Waals surface area contributed by atoms with Gasteiger partial charge in [0.25, 0.3) is 0 Å². The Hall–Kier alpha value is -3.55. The van der Waals surface area contributed by atoms with E-state index in [-0.39, 0.29) is 53.2 Å². The monoisotopic (exact) mass is 557 g/mol. The van der Waals surface area contributed by atoms with Gasteiger partial charge in [-0.2, -0.15) is 13.2 Å². The van der Waals surface area contributed by atoms with Crippen LogP contribution in [0.5, 0.6) is 17.2 Å². The number of methoxy groups -OCH3 is 2. The molecule has 38 heavy (non-hydrogen) atoms. The van der Waals surface area contributed by atoms with E-state index in [2.05, 4.69) is 10.2 Å². The second-order valence-electron chi connectivity index (χ2n) is 8.17. The van der Waals surface area contributed by atoms with Crippen LogP contribution >= 0.6 is 11.6 Å². The fourth-order valence-corrected chi connectivity index (χ4v) is 4.47. The maximum atomic E-state index is 14.2. The molecule has 1 aromatic heterocycles. The van der Waals surface area contributed by atoms with E-state index in [9.17, 15) is 28.2 Å². The summed E-state index contributed by atoms with van der Waals surface area (Å²) in [4.78, 5) is 11.8. The van der Waals surface area contributed by atoms with E-state index in [1.54, 1.807) is 18.2 Å². The summed E-state index contributed by atoms with van der Waals surface area (Å²) in [5, 5.41) is 25.9. The Morgan fingerprint density at radius 1 is 1.16 bits per heavy atom. The minimum atomic E-state index is -4.97. The molecular weight excluding hydrogens is 535 g/mol. The zero-order valence-electron chi connectivity index (χ0n) is 20.2. The van der Waals surface area contributed by atoms with Crippen molar-refractivity contribution in [3.63, 3.8) is 0 Å². The third-order valence-electron chi connectivity index (χ3n) is 5.74. The first kappa shape index (κ1) is 27.5. The largest absolute Gasteiger partial charge is 0.493 e. The first-order valence-electron chi connectivity index (χ1n) is 11.3. The van der Waals surface area contributed by atoms with Crippen LogP contribution in [-0.4, -0.2) is 58.4 Å². The number of aliphatic carboxylic acids is 1. The van der Waals surface area contributed by atoms with Gasteiger partial charge in [0.15, 0.2) is 17.3 Å². The van der Waals surface area contributed by atoms with Gasteiger partial charge in [-0.25, -0.2) is 0 Å². The lowest BCUT2D eigenvalue weighted by atomic mass is 9.97. The van der Waals surface area contributed by atoms with Crippen molar-refractivity contribution in [1.82, 2.24) is 14.8 Å². The average Bonchev–Trinajstić information content (AvgIpc) is 3.26. The van der Waals surface area contributed by atoms with Gasteiger partial charge in [0.2, 0.25) is 5.82 Å². The Balaban J connectivity index is 2.08. The van der Waals surface area contributed by atoms with E-state index in [4.69, 9.17) is 30.5 Å². The van der Waals surface area contributed by atoms with Crippen LogP contribution < -0.4 is 14.2 Å². The molecule has 2 N–H and O–H groups in total. The number of rotatable bonds is 9. The lowest BCUT2D eigenvalue weighted by Crippen LogP contribution is -2.18. The van der Waals surface area contributed by atoms with E-state index in [1.807, 2.05) is 0 Å². The Morgan fingerprint density at radius 2 is 1.92 bits per heavy atom. The van der Waals surface area contributed by atoms with Crippen molar-refractivity contribution in [3.05, 3.63) is 58.1 Å². The molecule has 4 rings (SSSR count). The van der Waals surface area contributed by atoms with E-state index < -0.39 is 36.6 Å². The van der Waals surface area contributed by atoms with Crippen LogP contribution in [0.3, 0.4) is 0 Å². The lowest BCUT2D eigenvalue weighted by Gasteiger charge is -2.25. The number of aliphatic hydroxyl groups excluding tert-OH is 1. The topological polar surface area (TPSA) is 125 Å². The second-order valence-corrected chi connectivity index (χ2v) is 8.60. The van der Waals surface area contributed by atoms with Crippen LogP contribution in [0.1, 0.15) is 47.8 Å². The lowest BCUT2D eigenvalue weighted by molar-refractivity contribution is -0.146. The smallest absolute Gasteiger partial charge is 0.452 e. The third kappa shape index (κ3) is 5.22. The molecule has 0 fully saturated rings. The molecule has 0 unspecified atom stereocenters. The highest BCUT2D eigenvalue weighted by atomic mass is 35.5. The molecule has 0 bridgehead atoms. The minimum absolute atomic E-state index is 0.0470. The van der Waals surface area contributed by atoms with E-state index in [1.165, 1.54) is 26.4 Å². The van der Waals surface area contributed by atoms with Gasteiger partial charge in [-0.15, -0.1) is 10.2 Å². The summed E-state index contributed by atoms with van der Waals surface area (Å²) < 4.78 is 66.1. The molecule has 0 amide bonds. The number of nitrogens with zero attached hydrogens (tertiary/aromatic N) is 3. The zero-order chi connectivity index (χ0) is 27.6. The van der Waals surface area contributed by atoms with Crippen molar-refractivity contribution in [2.24, 2.45) is 0 Å². The van der Waals surface area contributed by atoms with Crippen LogP contribution in [0.25, 0.3) is 5.69 Å². The number of carboxylic acids is 1. The Labute approximate surface area is 219 Å². The molecule has 0 spiro atoms. The van der Waals surface area contributed by atoms with Crippen LogP contribution in [0.2, 0.25) is 5.02 Å². The quantitative estimate of drug-likeness (QED) is 0.369. The molecule has 0 radical (unpaired) electrons. The zero-order valence-corrected chi connectivity index (χ0v) is 20.9. The molecule has 3 aromatic rings. The van der Waals surface area contributed by atoms with Crippen LogP contribution in [0.4, 0.5) is 13.2 Å². The van der Waals surface area contributed by atoms with Crippen molar-refractivity contribution in [2.75, 3.05) is 27.4 Å². The predicted octanol–water partition coefficient (Wildman–Crippen LogP) is 4.35. The number of carboxylic acid groups (broad SMARTS) is 1. The van der Waals surface area contributed by atoms with Crippen LogP contribution in [-0.2, 0) is 15.7 Å². The average molecular weight is 558 g/mol. The Bertz CT molecular complexity index is 1330. The van der Waals surface area contributed by atoms with Gasteiger partial charge in [0, 0.05) is 35.2 Å². The van der Waals surface area contributed by atoms with Gasteiger partial charge in [0.1, 0.15) is 18.0 Å². The van der Waals surface area contributed by atoms with E-state index >= 15 is 0 Å². The fraction of sp³-hybridized carbons (Fsp3) is 0.375. The number of fused-ring (bicyclic) bond motifs is 3. The SMILES string of the molecule is COc1cccc([C@@H]2O[C@@H](CC(=O)O)c3nnc(C(F)(F)F)n3-c3c(OCCCO)cc(Cl)cc32)c1OC. The number of carbonyl (C=O) groups is 1. The summed E-state index contributed by atoms with van der Waals surface area (Å²) in [6.07, 6.45) is -8.16. The number of para-hydroxylation sites is 1.